The van der Waals surface area contributed by atoms with Crippen LogP contribution >= 0.6 is 0 Å². The Morgan fingerprint density at radius 3 is 2.05 bits per heavy atom. The third-order valence-electron chi connectivity index (χ3n) is 3.68. The molecule has 0 aromatic heterocycles. The molecule has 0 saturated heterocycles. The molecule has 1 atom stereocenters. The van der Waals surface area contributed by atoms with Gasteiger partial charge < -0.3 is 21.3 Å². The smallest absolute Gasteiger partial charge is 0.320 e. The zero-order valence-electron chi connectivity index (χ0n) is 11.8. The highest BCUT2D eigenvalue weighted by Crippen LogP contribution is 2.38. The predicted octanol–water partition coefficient (Wildman–Crippen LogP) is 1.05. The number of hydrogen-bond acceptors (Lipinski definition) is 4. The predicted molar refractivity (Wildman–Crippen MR) is 73.0 cm³/mol. The molecule has 5 N–H and O–H groups in total. The van der Waals surface area contributed by atoms with Crippen molar-refractivity contribution in [3.8, 4) is 0 Å². The standard InChI is InChI=1S/C9H17NO2.C4H9NO2/c10-7-9(6-8(11)12)4-2-1-3-5-9;1-3(5-2)4(6)7/h1-7,10H2,(H,11,12);3,5H,1-2H3,(H,6,7)/t;3-/m.0/s1. The van der Waals surface area contributed by atoms with E-state index in [1.807, 2.05) is 0 Å². The number of nitrogens with two attached hydrogens (primary N) is 1. The van der Waals surface area contributed by atoms with E-state index in [0.717, 1.165) is 25.7 Å². The van der Waals surface area contributed by atoms with E-state index in [-0.39, 0.29) is 11.8 Å². The summed E-state index contributed by atoms with van der Waals surface area (Å²) in [4.78, 5) is 20.4. The van der Waals surface area contributed by atoms with Crippen molar-refractivity contribution in [1.82, 2.24) is 5.32 Å². The summed E-state index contributed by atoms with van der Waals surface area (Å²) in [6.45, 7) is 2.11. The topological polar surface area (TPSA) is 113 Å². The molecule has 6 nitrogen and oxygen atoms in total. The molecule has 112 valence electrons. The summed E-state index contributed by atoms with van der Waals surface area (Å²) in [5.41, 5.74) is 5.54. The zero-order chi connectivity index (χ0) is 14.9. The largest absolute Gasteiger partial charge is 0.481 e. The number of carbonyl (C=O) groups is 2. The fourth-order valence-corrected chi connectivity index (χ4v) is 2.20. The van der Waals surface area contributed by atoms with E-state index in [4.69, 9.17) is 15.9 Å². The summed E-state index contributed by atoms with van der Waals surface area (Å²) in [7, 11) is 1.61. The number of carboxylic acids is 2. The van der Waals surface area contributed by atoms with Gasteiger partial charge in [0.1, 0.15) is 6.04 Å². The fraction of sp³-hybridized carbons (Fsp3) is 0.846. The average Bonchev–Trinajstić information content (AvgIpc) is 2.38. The summed E-state index contributed by atoms with van der Waals surface area (Å²) in [6.07, 6.45) is 5.77. The summed E-state index contributed by atoms with van der Waals surface area (Å²) in [5, 5.41) is 19.4. The molecule has 1 rings (SSSR count). The number of hydrogen-bond donors (Lipinski definition) is 4. The van der Waals surface area contributed by atoms with Crippen LogP contribution in [0.2, 0.25) is 0 Å². The van der Waals surface area contributed by atoms with Crippen LogP contribution in [0, 0.1) is 5.41 Å². The minimum Gasteiger partial charge on any atom is -0.481 e. The molecular weight excluding hydrogens is 248 g/mol. The van der Waals surface area contributed by atoms with E-state index in [1.165, 1.54) is 6.42 Å². The van der Waals surface area contributed by atoms with Crippen molar-refractivity contribution in [2.45, 2.75) is 51.5 Å². The molecular formula is C13H26N2O4. The summed E-state index contributed by atoms with van der Waals surface area (Å²) >= 11 is 0. The SMILES string of the molecule is CN[C@@H](C)C(=O)O.NCC1(CC(=O)O)CCCCC1. The van der Waals surface area contributed by atoms with Gasteiger partial charge in [0.15, 0.2) is 0 Å². The summed E-state index contributed by atoms with van der Waals surface area (Å²) < 4.78 is 0. The molecule has 0 heterocycles. The first-order valence-electron chi connectivity index (χ1n) is 6.69. The van der Waals surface area contributed by atoms with E-state index in [2.05, 4.69) is 5.32 Å². The number of rotatable bonds is 5. The minimum atomic E-state index is -0.817. The first kappa shape index (κ1) is 17.9. The lowest BCUT2D eigenvalue weighted by molar-refractivity contribution is -0.140. The number of likely N-dealkylation sites (N-methyl/N-ethyl adjacent to an activating group) is 1. The van der Waals surface area contributed by atoms with Gasteiger partial charge in [-0.3, -0.25) is 9.59 Å². The van der Waals surface area contributed by atoms with Gasteiger partial charge in [0.2, 0.25) is 0 Å². The van der Waals surface area contributed by atoms with Gasteiger partial charge in [-0.05, 0) is 38.8 Å². The molecule has 1 aliphatic rings. The monoisotopic (exact) mass is 274 g/mol. The number of nitrogens with one attached hydrogen (secondary N) is 1. The molecule has 1 saturated carbocycles. The van der Waals surface area contributed by atoms with Gasteiger partial charge in [-0.15, -0.1) is 0 Å². The Balaban J connectivity index is 0.000000399. The fourth-order valence-electron chi connectivity index (χ4n) is 2.20. The molecule has 0 spiro atoms. The third kappa shape index (κ3) is 7.12. The van der Waals surface area contributed by atoms with Gasteiger partial charge in [-0.2, -0.15) is 0 Å². The van der Waals surface area contributed by atoms with Crippen LogP contribution in [-0.4, -0.2) is 41.8 Å². The highest BCUT2D eigenvalue weighted by atomic mass is 16.4. The maximum atomic E-state index is 10.6. The van der Waals surface area contributed by atoms with Crippen LogP contribution in [0.15, 0.2) is 0 Å². The van der Waals surface area contributed by atoms with Gasteiger partial charge >= 0.3 is 11.9 Å². The highest BCUT2D eigenvalue weighted by Gasteiger charge is 2.32. The number of aliphatic carboxylic acids is 2. The van der Waals surface area contributed by atoms with Crippen LogP contribution in [0.4, 0.5) is 0 Å². The van der Waals surface area contributed by atoms with Crippen LogP contribution in [0.25, 0.3) is 0 Å². The second-order valence-corrected chi connectivity index (χ2v) is 5.18. The highest BCUT2D eigenvalue weighted by molar-refractivity contribution is 5.72. The zero-order valence-corrected chi connectivity index (χ0v) is 11.8. The first-order chi connectivity index (χ1) is 8.87. The van der Waals surface area contributed by atoms with Crippen molar-refractivity contribution in [1.29, 1.82) is 0 Å². The van der Waals surface area contributed by atoms with Crippen LogP contribution < -0.4 is 11.1 Å². The molecule has 0 amide bonds. The Bertz CT molecular complexity index is 288. The van der Waals surface area contributed by atoms with E-state index >= 15 is 0 Å². The summed E-state index contributed by atoms with van der Waals surface area (Å²) in [5.74, 6) is -1.52. The maximum Gasteiger partial charge on any atom is 0.320 e. The van der Waals surface area contributed by atoms with Gasteiger partial charge in [0.05, 0.1) is 6.42 Å². The lowest BCUT2D eigenvalue weighted by atomic mass is 9.72. The Morgan fingerprint density at radius 2 is 1.79 bits per heavy atom. The van der Waals surface area contributed by atoms with E-state index < -0.39 is 18.0 Å². The average molecular weight is 274 g/mol. The van der Waals surface area contributed by atoms with Crippen molar-refractivity contribution >= 4 is 11.9 Å². The van der Waals surface area contributed by atoms with Crippen molar-refractivity contribution in [3.05, 3.63) is 0 Å². The quantitative estimate of drug-likeness (QED) is 0.596. The second kappa shape index (κ2) is 8.87. The molecule has 0 aromatic rings. The van der Waals surface area contributed by atoms with Crippen LogP contribution in [0.5, 0.6) is 0 Å². The molecule has 19 heavy (non-hydrogen) atoms. The normalized spacial score (nSPS) is 18.9. The van der Waals surface area contributed by atoms with Gasteiger partial charge in [-0.1, -0.05) is 19.3 Å². The first-order valence-corrected chi connectivity index (χ1v) is 6.69. The van der Waals surface area contributed by atoms with Crippen molar-refractivity contribution in [3.63, 3.8) is 0 Å². The maximum absolute atomic E-state index is 10.6. The van der Waals surface area contributed by atoms with Crippen molar-refractivity contribution < 1.29 is 19.8 Å². The molecule has 0 aliphatic heterocycles. The third-order valence-corrected chi connectivity index (χ3v) is 3.68. The van der Waals surface area contributed by atoms with Crippen LogP contribution in [0.3, 0.4) is 0 Å². The van der Waals surface area contributed by atoms with E-state index in [1.54, 1.807) is 14.0 Å². The van der Waals surface area contributed by atoms with Gasteiger partial charge in [0, 0.05) is 0 Å². The molecule has 0 aromatic carbocycles. The van der Waals surface area contributed by atoms with E-state index in [0.29, 0.717) is 6.54 Å². The Hall–Kier alpha value is -1.14. The molecule has 1 fully saturated rings. The van der Waals surface area contributed by atoms with Gasteiger partial charge in [-0.25, -0.2) is 0 Å². The molecule has 0 bridgehead atoms. The van der Waals surface area contributed by atoms with Crippen molar-refractivity contribution in [2.75, 3.05) is 13.6 Å². The van der Waals surface area contributed by atoms with Crippen molar-refractivity contribution in [2.24, 2.45) is 11.1 Å². The Morgan fingerprint density at radius 1 is 1.26 bits per heavy atom. The molecule has 1 aliphatic carbocycles. The van der Waals surface area contributed by atoms with Crippen LogP contribution in [-0.2, 0) is 9.59 Å². The molecule has 6 heteroatoms. The number of carboxylic acid groups (broad SMARTS) is 2. The Labute approximate surface area is 114 Å². The Kier molecular flexibility index (Phi) is 8.34. The lowest BCUT2D eigenvalue weighted by Gasteiger charge is -2.34. The van der Waals surface area contributed by atoms with Crippen LogP contribution in [0.1, 0.15) is 45.4 Å². The molecule has 0 unspecified atom stereocenters. The molecule has 0 radical (unpaired) electrons. The second-order valence-electron chi connectivity index (χ2n) is 5.18. The van der Waals surface area contributed by atoms with Gasteiger partial charge in [0.25, 0.3) is 0 Å². The van der Waals surface area contributed by atoms with E-state index in [9.17, 15) is 9.59 Å². The minimum absolute atomic E-state index is 0.0793. The summed E-state index contributed by atoms with van der Waals surface area (Å²) in [6, 6.07) is -0.431. The lowest BCUT2D eigenvalue weighted by Crippen LogP contribution is -2.34.